The zero-order valence-electron chi connectivity index (χ0n) is 12.4. The van der Waals surface area contributed by atoms with Crippen LogP contribution in [0.2, 0.25) is 0 Å². The molecule has 1 aliphatic rings. The Kier molecular flexibility index (Phi) is 5.49. The molecule has 3 unspecified atom stereocenters. The number of hydrogen-bond acceptors (Lipinski definition) is 3. The minimum atomic E-state index is -0.633. The van der Waals surface area contributed by atoms with Crippen molar-refractivity contribution in [2.75, 3.05) is 13.1 Å². The fraction of sp³-hybridized carbons (Fsp3) is 0.688. The zero-order chi connectivity index (χ0) is 14.5. The van der Waals surface area contributed by atoms with Gasteiger partial charge in [0.1, 0.15) is 5.82 Å². The van der Waals surface area contributed by atoms with Crippen molar-refractivity contribution in [3.05, 3.63) is 29.8 Å². The highest BCUT2D eigenvalue weighted by Crippen LogP contribution is 2.24. The maximum atomic E-state index is 12.9. The number of halogens is 1. The van der Waals surface area contributed by atoms with Gasteiger partial charge in [0.25, 0.3) is 0 Å². The fourth-order valence-electron chi connectivity index (χ4n) is 2.93. The first-order chi connectivity index (χ1) is 9.58. The first-order valence-electron chi connectivity index (χ1n) is 7.61. The smallest absolute Gasteiger partial charge is 0.141 e. The van der Waals surface area contributed by atoms with E-state index in [2.05, 4.69) is 16.8 Å². The van der Waals surface area contributed by atoms with Crippen molar-refractivity contribution in [3.8, 4) is 0 Å². The van der Waals surface area contributed by atoms with Gasteiger partial charge in [-0.15, -0.1) is 0 Å². The van der Waals surface area contributed by atoms with Crippen molar-refractivity contribution in [3.63, 3.8) is 0 Å². The van der Waals surface area contributed by atoms with Gasteiger partial charge in [0.15, 0.2) is 0 Å². The highest BCUT2D eigenvalue weighted by atomic mass is 19.1. The van der Waals surface area contributed by atoms with Gasteiger partial charge in [-0.1, -0.05) is 19.8 Å². The Morgan fingerprint density at radius 2 is 2.20 bits per heavy atom. The minimum Gasteiger partial charge on any atom is -0.386 e. The lowest BCUT2D eigenvalue weighted by Crippen LogP contribution is -2.37. The summed E-state index contributed by atoms with van der Waals surface area (Å²) in [7, 11) is 0. The number of likely N-dealkylation sites (tertiary alicyclic amines) is 1. The minimum absolute atomic E-state index is 0.0912. The number of nitrogens with zero attached hydrogens (tertiary/aromatic N) is 2. The molecule has 0 aliphatic carbocycles. The second-order valence-corrected chi connectivity index (χ2v) is 6.02. The van der Waals surface area contributed by atoms with Gasteiger partial charge in [0.2, 0.25) is 0 Å². The quantitative estimate of drug-likeness (QED) is 0.920. The molecular formula is C16H25FN2O. The summed E-state index contributed by atoms with van der Waals surface area (Å²) in [6, 6.07) is 3.50. The summed E-state index contributed by atoms with van der Waals surface area (Å²) in [5, 5.41) is 10.4. The average molecular weight is 280 g/mol. The van der Waals surface area contributed by atoms with Gasteiger partial charge >= 0.3 is 0 Å². The molecule has 0 amide bonds. The van der Waals surface area contributed by atoms with Gasteiger partial charge in [-0.3, -0.25) is 4.98 Å². The molecule has 112 valence electrons. The molecule has 1 aromatic heterocycles. The Morgan fingerprint density at radius 1 is 1.40 bits per heavy atom. The molecule has 2 heterocycles. The Balaban J connectivity index is 1.95. The molecule has 0 aromatic carbocycles. The first-order valence-corrected chi connectivity index (χ1v) is 7.61. The van der Waals surface area contributed by atoms with Crippen molar-refractivity contribution in [2.45, 2.75) is 51.7 Å². The molecule has 1 aromatic rings. The Hall–Kier alpha value is -1.00. The summed E-state index contributed by atoms with van der Waals surface area (Å²) in [6.07, 6.45) is 5.61. The molecule has 3 atom stereocenters. The normalized spacial score (nSPS) is 24.1. The van der Waals surface area contributed by atoms with Crippen LogP contribution in [0.4, 0.5) is 4.39 Å². The molecule has 1 aliphatic heterocycles. The molecule has 1 saturated heterocycles. The first kappa shape index (κ1) is 15.4. The molecule has 4 heteroatoms. The van der Waals surface area contributed by atoms with Crippen LogP contribution in [0.3, 0.4) is 0 Å². The summed E-state index contributed by atoms with van der Waals surface area (Å²) in [6.45, 7) is 6.27. The summed E-state index contributed by atoms with van der Waals surface area (Å²) in [5.41, 5.74) is 0.557. The largest absolute Gasteiger partial charge is 0.386 e. The van der Waals surface area contributed by atoms with E-state index >= 15 is 0 Å². The molecule has 0 radical (unpaired) electrons. The number of aromatic nitrogens is 1. The predicted octanol–water partition coefficient (Wildman–Crippen LogP) is 3.15. The molecular weight excluding hydrogens is 255 g/mol. The van der Waals surface area contributed by atoms with E-state index in [0.717, 1.165) is 13.1 Å². The van der Waals surface area contributed by atoms with Gasteiger partial charge < -0.3 is 10.0 Å². The van der Waals surface area contributed by atoms with Gasteiger partial charge in [-0.2, -0.15) is 0 Å². The average Bonchev–Trinajstić information content (AvgIpc) is 2.64. The molecule has 1 fully saturated rings. The summed E-state index contributed by atoms with van der Waals surface area (Å²) in [5.74, 6) is -0.275. The second kappa shape index (κ2) is 7.14. The molecule has 3 nitrogen and oxygen atoms in total. The van der Waals surface area contributed by atoms with Crippen LogP contribution in [0.5, 0.6) is 0 Å². The summed E-state index contributed by atoms with van der Waals surface area (Å²) < 4.78 is 12.9. The second-order valence-electron chi connectivity index (χ2n) is 6.02. The van der Waals surface area contributed by atoms with E-state index in [1.807, 2.05) is 6.92 Å². The Bertz CT molecular complexity index is 409. The van der Waals surface area contributed by atoms with Gasteiger partial charge in [0.05, 0.1) is 18.0 Å². The lowest BCUT2D eigenvalue weighted by atomic mass is 9.99. The van der Waals surface area contributed by atoms with Crippen molar-refractivity contribution >= 4 is 0 Å². The number of aliphatic hydroxyl groups is 1. The maximum Gasteiger partial charge on any atom is 0.141 e. The number of hydrogen-bond donors (Lipinski definition) is 1. The summed E-state index contributed by atoms with van der Waals surface area (Å²) in [4.78, 5) is 6.45. The van der Waals surface area contributed by atoms with Crippen molar-refractivity contribution in [1.82, 2.24) is 9.88 Å². The van der Waals surface area contributed by atoms with E-state index in [0.29, 0.717) is 11.7 Å². The standard InChI is InChI=1S/C16H25FN2O/c1-12(11-19-9-5-3-4-6-13(19)2)16(20)15-8-7-14(17)10-18-15/h7-8,10,12-13,16,20H,3-6,9,11H2,1-2H3. The lowest BCUT2D eigenvalue weighted by molar-refractivity contribution is 0.0738. The third kappa shape index (κ3) is 4.00. The molecule has 20 heavy (non-hydrogen) atoms. The van der Waals surface area contributed by atoms with Crippen LogP contribution in [0, 0.1) is 11.7 Å². The molecule has 0 spiro atoms. The SMILES string of the molecule is CC(CN1CCCCCC1C)C(O)c1ccc(F)cn1. The Labute approximate surface area is 120 Å². The van der Waals surface area contributed by atoms with E-state index in [4.69, 9.17) is 0 Å². The van der Waals surface area contributed by atoms with Crippen LogP contribution in [0.15, 0.2) is 18.3 Å². The van der Waals surface area contributed by atoms with Crippen molar-refractivity contribution in [2.24, 2.45) is 5.92 Å². The van der Waals surface area contributed by atoms with E-state index in [9.17, 15) is 9.50 Å². The van der Waals surface area contributed by atoms with Crippen LogP contribution >= 0.6 is 0 Å². The predicted molar refractivity (Wildman–Crippen MR) is 77.8 cm³/mol. The van der Waals surface area contributed by atoms with Crippen molar-refractivity contribution < 1.29 is 9.50 Å². The van der Waals surface area contributed by atoms with Crippen LogP contribution in [0.25, 0.3) is 0 Å². The van der Waals surface area contributed by atoms with Crippen LogP contribution in [0.1, 0.15) is 51.3 Å². The van der Waals surface area contributed by atoms with Crippen molar-refractivity contribution in [1.29, 1.82) is 0 Å². The molecule has 1 N–H and O–H groups in total. The summed E-state index contributed by atoms with van der Waals surface area (Å²) >= 11 is 0. The lowest BCUT2D eigenvalue weighted by Gasteiger charge is -2.31. The monoisotopic (exact) mass is 280 g/mol. The number of pyridine rings is 1. The topological polar surface area (TPSA) is 36.4 Å². The number of rotatable bonds is 4. The van der Waals surface area contributed by atoms with E-state index < -0.39 is 6.10 Å². The maximum absolute atomic E-state index is 12.9. The third-order valence-electron chi connectivity index (χ3n) is 4.31. The third-order valence-corrected chi connectivity index (χ3v) is 4.31. The highest BCUT2D eigenvalue weighted by molar-refractivity contribution is 5.09. The molecule has 0 bridgehead atoms. The van der Waals surface area contributed by atoms with E-state index in [1.165, 1.54) is 37.9 Å². The van der Waals surface area contributed by atoms with Gasteiger partial charge in [0, 0.05) is 18.5 Å². The van der Waals surface area contributed by atoms with Crippen LogP contribution in [-0.2, 0) is 0 Å². The highest BCUT2D eigenvalue weighted by Gasteiger charge is 2.24. The molecule has 0 saturated carbocycles. The Morgan fingerprint density at radius 3 is 2.90 bits per heavy atom. The zero-order valence-corrected chi connectivity index (χ0v) is 12.4. The number of aliphatic hydroxyl groups excluding tert-OH is 1. The van der Waals surface area contributed by atoms with Gasteiger partial charge in [-0.25, -0.2) is 4.39 Å². The molecule has 2 rings (SSSR count). The van der Waals surface area contributed by atoms with Gasteiger partial charge in [-0.05, 0) is 38.4 Å². The van der Waals surface area contributed by atoms with Crippen LogP contribution < -0.4 is 0 Å². The van der Waals surface area contributed by atoms with E-state index in [-0.39, 0.29) is 11.7 Å². The fourth-order valence-corrected chi connectivity index (χ4v) is 2.93. The van der Waals surface area contributed by atoms with Crippen LogP contribution in [-0.4, -0.2) is 34.1 Å². The van der Waals surface area contributed by atoms with E-state index in [1.54, 1.807) is 6.07 Å².